The van der Waals surface area contributed by atoms with Gasteiger partial charge in [0.25, 0.3) is 0 Å². The van der Waals surface area contributed by atoms with Crippen LogP contribution in [0.15, 0.2) is 29.6 Å². The molecule has 1 atom stereocenters. The molecule has 134 valence electrons. The predicted octanol–water partition coefficient (Wildman–Crippen LogP) is 3.42. The Morgan fingerprint density at radius 1 is 1.36 bits per heavy atom. The lowest BCUT2D eigenvalue weighted by Crippen LogP contribution is -2.40. The molecular weight excluding hydrogens is 334 g/mol. The summed E-state index contributed by atoms with van der Waals surface area (Å²) in [5, 5.41) is 8.70. The van der Waals surface area contributed by atoms with Crippen LogP contribution in [0, 0.1) is 0 Å². The number of anilines is 1. The minimum absolute atomic E-state index is 0.0573. The summed E-state index contributed by atoms with van der Waals surface area (Å²) in [6, 6.07) is 8.45. The summed E-state index contributed by atoms with van der Waals surface area (Å²) in [4.78, 5) is 16.7. The van der Waals surface area contributed by atoms with Crippen molar-refractivity contribution in [3.05, 3.63) is 35.2 Å². The van der Waals surface area contributed by atoms with E-state index in [1.165, 1.54) is 16.9 Å². The van der Waals surface area contributed by atoms with Crippen LogP contribution in [-0.2, 0) is 14.9 Å². The molecule has 1 fully saturated rings. The van der Waals surface area contributed by atoms with Gasteiger partial charge in [-0.2, -0.15) is 0 Å². The van der Waals surface area contributed by atoms with Gasteiger partial charge in [-0.3, -0.25) is 4.79 Å². The average Bonchev–Trinajstić information content (AvgIpc) is 3.03. The Hall–Kier alpha value is -1.76. The summed E-state index contributed by atoms with van der Waals surface area (Å²) in [5.74, 6) is -0.0577. The van der Waals surface area contributed by atoms with E-state index in [0.29, 0.717) is 18.2 Å². The van der Waals surface area contributed by atoms with E-state index in [9.17, 15) is 4.79 Å². The Morgan fingerprint density at radius 3 is 2.76 bits per heavy atom. The Morgan fingerprint density at radius 2 is 2.12 bits per heavy atom. The number of carbonyl (C=O) groups excluding carboxylic acids is 1. The number of aromatic nitrogens is 1. The SMILES string of the molecule is CC(C)(C)c1ccc(-c2csc(NC(=O)CC3CNCCO3)n2)cc1. The summed E-state index contributed by atoms with van der Waals surface area (Å²) in [6.07, 6.45) is 0.292. The van der Waals surface area contributed by atoms with Crippen molar-refractivity contribution in [3.63, 3.8) is 0 Å². The largest absolute Gasteiger partial charge is 0.375 e. The smallest absolute Gasteiger partial charge is 0.228 e. The fourth-order valence-corrected chi connectivity index (χ4v) is 3.47. The monoisotopic (exact) mass is 359 g/mol. The van der Waals surface area contributed by atoms with Crippen molar-refractivity contribution in [1.82, 2.24) is 10.3 Å². The fourth-order valence-electron chi connectivity index (χ4n) is 2.73. The quantitative estimate of drug-likeness (QED) is 0.878. The summed E-state index contributed by atoms with van der Waals surface area (Å²) in [7, 11) is 0. The zero-order valence-corrected chi connectivity index (χ0v) is 15.8. The fraction of sp³-hybridized carbons (Fsp3) is 0.474. The lowest BCUT2D eigenvalue weighted by atomic mass is 9.86. The van der Waals surface area contributed by atoms with Crippen LogP contribution >= 0.6 is 11.3 Å². The first-order valence-electron chi connectivity index (χ1n) is 8.60. The van der Waals surface area contributed by atoms with Gasteiger partial charge in [-0.25, -0.2) is 4.98 Å². The van der Waals surface area contributed by atoms with Crippen molar-refractivity contribution in [2.24, 2.45) is 0 Å². The lowest BCUT2D eigenvalue weighted by molar-refractivity contribution is -0.119. The molecule has 1 aliphatic rings. The minimum Gasteiger partial charge on any atom is -0.375 e. The molecule has 1 unspecified atom stereocenters. The maximum atomic E-state index is 12.1. The molecule has 0 bridgehead atoms. The second kappa shape index (κ2) is 7.64. The van der Waals surface area contributed by atoms with Crippen molar-refractivity contribution in [2.75, 3.05) is 25.0 Å². The van der Waals surface area contributed by atoms with Gasteiger partial charge in [-0.1, -0.05) is 45.0 Å². The van der Waals surface area contributed by atoms with Crippen LogP contribution in [0.4, 0.5) is 5.13 Å². The standard InChI is InChI=1S/C19H25N3O2S/c1-19(2,3)14-6-4-13(5-7-14)16-12-25-18(21-16)22-17(23)10-15-11-20-8-9-24-15/h4-7,12,15,20H,8-11H2,1-3H3,(H,21,22,23). The van der Waals surface area contributed by atoms with Gasteiger partial charge in [-0.15, -0.1) is 11.3 Å². The lowest BCUT2D eigenvalue weighted by Gasteiger charge is -2.22. The Balaban J connectivity index is 1.61. The van der Waals surface area contributed by atoms with Gasteiger partial charge in [-0.05, 0) is 11.0 Å². The van der Waals surface area contributed by atoms with Crippen LogP contribution in [0.1, 0.15) is 32.8 Å². The van der Waals surface area contributed by atoms with Crippen molar-refractivity contribution in [2.45, 2.75) is 38.7 Å². The number of benzene rings is 1. The molecule has 2 aromatic rings. The van der Waals surface area contributed by atoms with E-state index in [1.54, 1.807) is 0 Å². The van der Waals surface area contributed by atoms with Crippen LogP contribution in [0.2, 0.25) is 0 Å². The highest BCUT2D eigenvalue weighted by Crippen LogP contribution is 2.28. The number of morpholine rings is 1. The molecule has 1 aromatic heterocycles. The second-order valence-electron chi connectivity index (χ2n) is 7.31. The molecule has 0 aliphatic carbocycles. The summed E-state index contributed by atoms with van der Waals surface area (Å²) >= 11 is 1.44. The molecule has 0 saturated carbocycles. The van der Waals surface area contributed by atoms with Gasteiger partial charge in [0.1, 0.15) is 0 Å². The average molecular weight is 359 g/mol. The molecule has 2 N–H and O–H groups in total. The van der Waals surface area contributed by atoms with Gasteiger partial charge >= 0.3 is 0 Å². The van der Waals surface area contributed by atoms with E-state index in [-0.39, 0.29) is 17.4 Å². The van der Waals surface area contributed by atoms with Crippen molar-refractivity contribution < 1.29 is 9.53 Å². The van der Waals surface area contributed by atoms with Gasteiger partial charge < -0.3 is 15.4 Å². The van der Waals surface area contributed by atoms with Gasteiger partial charge in [0.15, 0.2) is 5.13 Å². The van der Waals surface area contributed by atoms with Crippen molar-refractivity contribution in [1.29, 1.82) is 0 Å². The van der Waals surface area contributed by atoms with E-state index in [2.05, 4.69) is 60.7 Å². The molecule has 1 aromatic carbocycles. The number of rotatable bonds is 4. The molecule has 5 nitrogen and oxygen atoms in total. The molecule has 2 heterocycles. The predicted molar refractivity (Wildman–Crippen MR) is 102 cm³/mol. The summed E-state index contributed by atoms with van der Waals surface area (Å²) in [5.41, 5.74) is 3.37. The third-order valence-electron chi connectivity index (χ3n) is 4.21. The van der Waals surface area contributed by atoms with E-state index >= 15 is 0 Å². The van der Waals surface area contributed by atoms with E-state index < -0.39 is 0 Å². The summed E-state index contributed by atoms with van der Waals surface area (Å²) < 4.78 is 5.56. The highest BCUT2D eigenvalue weighted by molar-refractivity contribution is 7.14. The van der Waals surface area contributed by atoms with Gasteiger partial charge in [0.05, 0.1) is 24.8 Å². The highest BCUT2D eigenvalue weighted by Gasteiger charge is 2.18. The first-order valence-corrected chi connectivity index (χ1v) is 9.48. The number of carbonyl (C=O) groups is 1. The molecule has 6 heteroatoms. The number of hydrogen-bond acceptors (Lipinski definition) is 5. The minimum atomic E-state index is -0.0577. The zero-order valence-electron chi connectivity index (χ0n) is 15.0. The molecule has 3 rings (SSSR count). The molecule has 0 radical (unpaired) electrons. The van der Waals surface area contributed by atoms with Crippen LogP contribution in [0.5, 0.6) is 0 Å². The molecule has 25 heavy (non-hydrogen) atoms. The maximum Gasteiger partial charge on any atom is 0.228 e. The number of amides is 1. The van der Waals surface area contributed by atoms with Crippen molar-refractivity contribution >= 4 is 22.4 Å². The highest BCUT2D eigenvalue weighted by atomic mass is 32.1. The first-order chi connectivity index (χ1) is 11.9. The number of ether oxygens (including phenoxy) is 1. The van der Waals surface area contributed by atoms with E-state index in [4.69, 9.17) is 4.74 Å². The second-order valence-corrected chi connectivity index (χ2v) is 8.17. The molecule has 1 amide bonds. The number of nitrogens with one attached hydrogen (secondary N) is 2. The maximum absolute atomic E-state index is 12.1. The molecule has 1 saturated heterocycles. The van der Waals surface area contributed by atoms with Crippen LogP contribution in [0.25, 0.3) is 11.3 Å². The molecule has 1 aliphatic heterocycles. The normalized spacial score (nSPS) is 18.1. The van der Waals surface area contributed by atoms with Crippen LogP contribution < -0.4 is 10.6 Å². The third-order valence-corrected chi connectivity index (χ3v) is 4.97. The topological polar surface area (TPSA) is 63.2 Å². The number of hydrogen-bond donors (Lipinski definition) is 2. The molecule has 0 spiro atoms. The zero-order chi connectivity index (χ0) is 17.9. The van der Waals surface area contributed by atoms with Crippen LogP contribution in [-0.4, -0.2) is 36.7 Å². The number of thiazole rings is 1. The first kappa shape index (κ1) is 18.0. The van der Waals surface area contributed by atoms with E-state index in [0.717, 1.165) is 24.3 Å². The van der Waals surface area contributed by atoms with Crippen molar-refractivity contribution in [3.8, 4) is 11.3 Å². The van der Waals surface area contributed by atoms with E-state index in [1.807, 2.05) is 5.38 Å². The Labute approximate surface area is 152 Å². The van der Waals surface area contributed by atoms with Crippen LogP contribution in [0.3, 0.4) is 0 Å². The van der Waals surface area contributed by atoms with Gasteiger partial charge in [0, 0.05) is 24.0 Å². The summed E-state index contributed by atoms with van der Waals surface area (Å²) in [6.45, 7) is 8.82. The Bertz CT molecular complexity index is 713. The van der Waals surface area contributed by atoms with Gasteiger partial charge in [0.2, 0.25) is 5.91 Å². The third kappa shape index (κ3) is 4.87. The number of nitrogens with zero attached hydrogens (tertiary/aromatic N) is 1. The molecular formula is C19H25N3O2S. The Kier molecular flexibility index (Phi) is 5.51.